The van der Waals surface area contributed by atoms with Crippen LogP contribution in [0.1, 0.15) is 33.0 Å². The van der Waals surface area contributed by atoms with Crippen molar-refractivity contribution in [3.05, 3.63) is 5.82 Å². The van der Waals surface area contributed by atoms with Crippen molar-refractivity contribution in [1.82, 2.24) is 20.1 Å². The number of urea groups is 1. The van der Waals surface area contributed by atoms with E-state index in [0.29, 0.717) is 12.2 Å². The first-order valence-corrected chi connectivity index (χ1v) is 7.31. The van der Waals surface area contributed by atoms with Crippen molar-refractivity contribution in [2.24, 2.45) is 24.3 Å². The molecule has 1 aromatic heterocycles. The predicted molar refractivity (Wildman–Crippen MR) is 80.4 cm³/mol. The van der Waals surface area contributed by atoms with E-state index in [1.807, 2.05) is 20.8 Å². The second kappa shape index (κ2) is 5.58. The third-order valence-electron chi connectivity index (χ3n) is 4.81. The summed E-state index contributed by atoms with van der Waals surface area (Å²) in [4.78, 5) is 27.2. The van der Waals surface area contributed by atoms with Gasteiger partial charge in [-0.1, -0.05) is 13.8 Å². The molecule has 0 bridgehead atoms. The molecule has 0 aliphatic heterocycles. The van der Waals surface area contributed by atoms with E-state index in [-0.39, 0.29) is 35.3 Å². The molecule has 2 amide bonds. The van der Waals surface area contributed by atoms with Gasteiger partial charge >= 0.3 is 12.0 Å². The van der Waals surface area contributed by atoms with Crippen molar-refractivity contribution >= 4 is 17.9 Å². The van der Waals surface area contributed by atoms with Gasteiger partial charge in [0.2, 0.25) is 5.95 Å². The minimum absolute atomic E-state index is 0.123. The van der Waals surface area contributed by atoms with Crippen LogP contribution in [0.3, 0.4) is 0 Å². The number of carboxylic acid groups (broad SMARTS) is 1. The van der Waals surface area contributed by atoms with Crippen molar-refractivity contribution in [1.29, 1.82) is 0 Å². The molecule has 0 saturated heterocycles. The molecule has 2 rings (SSSR count). The monoisotopic (exact) mass is 309 g/mol. The molecule has 3 N–H and O–H groups in total. The van der Waals surface area contributed by atoms with Crippen LogP contribution in [0.4, 0.5) is 10.7 Å². The molecule has 1 heterocycles. The van der Waals surface area contributed by atoms with Crippen molar-refractivity contribution in [3.63, 3.8) is 0 Å². The molecule has 8 heteroatoms. The smallest absolute Gasteiger partial charge is 0.321 e. The summed E-state index contributed by atoms with van der Waals surface area (Å²) in [7, 11) is 1.75. The lowest BCUT2D eigenvalue weighted by Crippen LogP contribution is -2.57. The summed E-state index contributed by atoms with van der Waals surface area (Å²) in [5.41, 5.74) is -0.335. The van der Waals surface area contributed by atoms with Crippen molar-refractivity contribution in [3.8, 4) is 0 Å². The van der Waals surface area contributed by atoms with Gasteiger partial charge < -0.3 is 10.4 Å². The lowest BCUT2D eigenvalue weighted by Gasteiger charge is -2.52. The number of aromatic nitrogens is 3. The number of carbonyl (C=O) groups excluding carboxylic acids is 1. The molecule has 1 aliphatic carbocycles. The number of carboxylic acids is 1. The molecule has 3 atom stereocenters. The van der Waals surface area contributed by atoms with Crippen LogP contribution in [0.25, 0.3) is 0 Å². The van der Waals surface area contributed by atoms with Crippen LogP contribution in [-0.2, 0) is 11.8 Å². The second-order valence-corrected chi connectivity index (χ2v) is 6.55. The number of aryl methyl sites for hydroxylation is 2. The third-order valence-corrected chi connectivity index (χ3v) is 4.81. The lowest BCUT2D eigenvalue weighted by atomic mass is 9.53. The Kier molecular flexibility index (Phi) is 4.12. The van der Waals surface area contributed by atoms with E-state index in [4.69, 9.17) is 5.11 Å². The molecular weight excluding hydrogens is 286 g/mol. The highest BCUT2D eigenvalue weighted by atomic mass is 16.4. The fraction of sp³-hybridized carbons (Fsp3) is 0.714. The summed E-state index contributed by atoms with van der Waals surface area (Å²) in [5, 5.41) is 18.6. The summed E-state index contributed by atoms with van der Waals surface area (Å²) in [6.07, 6.45) is 0.574. The third kappa shape index (κ3) is 2.90. The second-order valence-electron chi connectivity index (χ2n) is 6.55. The maximum atomic E-state index is 12.0. The van der Waals surface area contributed by atoms with E-state index in [2.05, 4.69) is 20.7 Å². The van der Waals surface area contributed by atoms with Gasteiger partial charge in [0.1, 0.15) is 5.82 Å². The summed E-state index contributed by atoms with van der Waals surface area (Å²) < 4.78 is 1.57. The number of hydrogen-bond acceptors (Lipinski definition) is 4. The predicted octanol–water partition coefficient (Wildman–Crippen LogP) is 1.38. The van der Waals surface area contributed by atoms with E-state index in [9.17, 15) is 9.59 Å². The zero-order valence-corrected chi connectivity index (χ0v) is 13.5. The van der Waals surface area contributed by atoms with E-state index in [1.165, 1.54) is 0 Å². The minimum Gasteiger partial charge on any atom is -0.481 e. The number of anilines is 1. The highest BCUT2D eigenvalue weighted by Gasteiger charge is 2.53. The molecule has 1 saturated carbocycles. The highest BCUT2D eigenvalue weighted by Crippen LogP contribution is 2.52. The Morgan fingerprint density at radius 1 is 1.45 bits per heavy atom. The number of nitrogens with zero attached hydrogens (tertiary/aromatic N) is 3. The minimum atomic E-state index is -0.772. The first-order chi connectivity index (χ1) is 10.1. The maximum Gasteiger partial charge on any atom is 0.321 e. The average Bonchev–Trinajstić information content (AvgIpc) is 2.65. The van der Waals surface area contributed by atoms with Crippen molar-refractivity contribution < 1.29 is 14.7 Å². The zero-order chi connectivity index (χ0) is 16.7. The first-order valence-electron chi connectivity index (χ1n) is 7.31. The SMILES string of the molecule is Cc1nc(NC(=O)NC(C)[C@@H]2C[C@H](C(=O)O)C2(C)C)nn1C. The Morgan fingerprint density at radius 2 is 2.09 bits per heavy atom. The molecule has 1 unspecified atom stereocenters. The number of aliphatic carboxylic acids is 1. The molecule has 1 aliphatic rings. The molecule has 0 aromatic carbocycles. The highest BCUT2D eigenvalue weighted by molar-refractivity contribution is 5.87. The van der Waals surface area contributed by atoms with Crippen LogP contribution in [0, 0.1) is 24.2 Å². The molecule has 122 valence electrons. The topological polar surface area (TPSA) is 109 Å². The zero-order valence-electron chi connectivity index (χ0n) is 13.5. The van der Waals surface area contributed by atoms with E-state index in [1.54, 1.807) is 18.7 Å². The van der Waals surface area contributed by atoms with Gasteiger partial charge in [0.05, 0.1) is 5.92 Å². The summed E-state index contributed by atoms with van der Waals surface area (Å²) in [6, 6.07) is -0.511. The molecule has 22 heavy (non-hydrogen) atoms. The summed E-state index contributed by atoms with van der Waals surface area (Å²) in [5.74, 6) is -0.0532. The Labute approximate surface area is 129 Å². The van der Waals surface area contributed by atoms with Gasteiger partial charge in [0.25, 0.3) is 0 Å². The number of rotatable bonds is 4. The quantitative estimate of drug-likeness (QED) is 0.778. The van der Waals surface area contributed by atoms with E-state index in [0.717, 1.165) is 0 Å². The van der Waals surface area contributed by atoms with Crippen LogP contribution in [0.2, 0.25) is 0 Å². The van der Waals surface area contributed by atoms with Crippen molar-refractivity contribution in [2.75, 3.05) is 5.32 Å². The Hall–Kier alpha value is -2.12. The average molecular weight is 309 g/mol. The Balaban J connectivity index is 1.91. The lowest BCUT2D eigenvalue weighted by molar-refractivity contribution is -0.160. The first kappa shape index (κ1) is 16.3. The van der Waals surface area contributed by atoms with Crippen LogP contribution in [0.5, 0.6) is 0 Å². The summed E-state index contributed by atoms with van der Waals surface area (Å²) in [6.45, 7) is 7.54. The molecule has 1 fully saturated rings. The van der Waals surface area contributed by atoms with Crippen LogP contribution < -0.4 is 10.6 Å². The van der Waals surface area contributed by atoms with Crippen LogP contribution in [-0.4, -0.2) is 37.9 Å². The fourth-order valence-corrected chi connectivity index (χ4v) is 3.19. The van der Waals surface area contributed by atoms with Gasteiger partial charge in [0, 0.05) is 13.1 Å². The van der Waals surface area contributed by atoms with Gasteiger partial charge in [0.15, 0.2) is 0 Å². The molecule has 8 nitrogen and oxygen atoms in total. The molecule has 0 spiro atoms. The normalized spacial score (nSPS) is 24.2. The maximum absolute atomic E-state index is 12.0. The van der Waals surface area contributed by atoms with Crippen molar-refractivity contribution in [2.45, 2.75) is 40.2 Å². The van der Waals surface area contributed by atoms with Crippen LogP contribution in [0.15, 0.2) is 0 Å². The number of nitrogens with one attached hydrogen (secondary N) is 2. The van der Waals surface area contributed by atoms with Gasteiger partial charge in [-0.3, -0.25) is 14.8 Å². The van der Waals surface area contributed by atoms with Gasteiger partial charge in [-0.25, -0.2) is 4.79 Å². The Morgan fingerprint density at radius 3 is 2.55 bits per heavy atom. The summed E-state index contributed by atoms with van der Waals surface area (Å²) >= 11 is 0. The van der Waals surface area contributed by atoms with Gasteiger partial charge in [-0.15, -0.1) is 5.10 Å². The number of carbonyl (C=O) groups is 2. The van der Waals surface area contributed by atoms with Crippen LogP contribution >= 0.6 is 0 Å². The number of hydrogen-bond donors (Lipinski definition) is 3. The molecule has 1 aromatic rings. The largest absolute Gasteiger partial charge is 0.481 e. The Bertz CT molecular complexity index is 576. The van der Waals surface area contributed by atoms with E-state index >= 15 is 0 Å². The standard InChI is InChI=1S/C14H23N5O3/c1-7(9-6-10(11(20)21)14(9,3)4)15-13(22)17-12-16-8(2)19(5)18-12/h7,9-10H,6H2,1-5H3,(H,20,21)(H2,15,17,18,22)/t7?,9-,10+/m0/s1. The van der Waals surface area contributed by atoms with Gasteiger partial charge in [-0.05, 0) is 31.6 Å². The van der Waals surface area contributed by atoms with Gasteiger partial charge in [-0.2, -0.15) is 4.98 Å². The molecule has 0 radical (unpaired) electrons. The fourth-order valence-electron chi connectivity index (χ4n) is 3.19. The van der Waals surface area contributed by atoms with E-state index < -0.39 is 5.97 Å². The number of amides is 2. The molecular formula is C14H23N5O3.